The molecular formula is C42H42N6O6. The first kappa shape index (κ1) is 36.4. The average Bonchev–Trinajstić information content (AvgIpc) is 3.20. The van der Waals surface area contributed by atoms with Gasteiger partial charge in [-0.05, 0) is 72.4 Å². The van der Waals surface area contributed by atoms with E-state index in [4.69, 9.17) is 44.1 Å². The van der Waals surface area contributed by atoms with Gasteiger partial charge < -0.3 is 14.2 Å². The minimum absolute atomic E-state index is 0.233. The minimum atomic E-state index is -0.447. The van der Waals surface area contributed by atoms with E-state index >= 15 is 0 Å². The smallest absolute Gasteiger partial charge is 0.338 e. The molecule has 0 aliphatic carbocycles. The van der Waals surface area contributed by atoms with Crippen molar-refractivity contribution in [1.29, 1.82) is 0 Å². The van der Waals surface area contributed by atoms with Gasteiger partial charge in [0.05, 0.1) is 69.6 Å². The number of rotatable bonds is 12. The number of ether oxygens (including phenoxy) is 3. The molecule has 4 aromatic carbocycles. The molecule has 0 aliphatic heterocycles. The molecule has 0 radical (unpaired) electrons. The Bertz CT molecular complexity index is 2610. The van der Waals surface area contributed by atoms with Gasteiger partial charge in [0.25, 0.3) is 0 Å². The van der Waals surface area contributed by atoms with E-state index in [0.29, 0.717) is 103 Å². The van der Waals surface area contributed by atoms with Crippen LogP contribution < -0.4 is 0 Å². The maximum absolute atomic E-state index is 13.0. The lowest BCUT2D eigenvalue weighted by Crippen LogP contribution is -2.12. The van der Waals surface area contributed by atoms with Gasteiger partial charge in [0, 0.05) is 0 Å². The second-order valence-electron chi connectivity index (χ2n) is 14.2. The molecule has 12 nitrogen and oxygen atoms in total. The van der Waals surface area contributed by atoms with E-state index in [1.807, 2.05) is 41.5 Å². The Morgan fingerprint density at radius 1 is 0.426 bits per heavy atom. The fourth-order valence-corrected chi connectivity index (χ4v) is 5.79. The number of benzene rings is 4. The van der Waals surface area contributed by atoms with Crippen molar-refractivity contribution < 1.29 is 28.6 Å². The first-order chi connectivity index (χ1) is 26.1. The summed E-state index contributed by atoms with van der Waals surface area (Å²) >= 11 is 0. The number of carbonyl (C=O) groups is 3. The second-order valence-corrected chi connectivity index (χ2v) is 14.2. The van der Waals surface area contributed by atoms with Crippen LogP contribution in [0.5, 0.6) is 0 Å². The Kier molecular flexibility index (Phi) is 10.3. The number of carbonyl (C=O) groups excluding carboxylic acids is 3. The fourth-order valence-electron chi connectivity index (χ4n) is 5.79. The van der Waals surface area contributed by atoms with E-state index in [1.165, 1.54) is 0 Å². The first-order valence-corrected chi connectivity index (χ1v) is 18.5. The fraction of sp³-hybridized carbons (Fsp3) is 0.357. The predicted molar refractivity (Wildman–Crippen MR) is 207 cm³/mol. The minimum Gasteiger partial charge on any atom is -0.462 e. The van der Waals surface area contributed by atoms with Crippen LogP contribution in [-0.4, -0.2) is 67.6 Å². The van der Waals surface area contributed by atoms with Crippen molar-refractivity contribution in [2.24, 2.45) is 17.8 Å². The summed E-state index contributed by atoms with van der Waals surface area (Å²) in [5.41, 5.74) is 6.51. The molecule has 7 rings (SSSR count). The highest BCUT2D eigenvalue weighted by Gasteiger charge is 2.21. The SMILES string of the molecule is CCC(C)COC(=O)c1ccc2nc3c4nc5ccc(C(=O)OCC(C)CC)cc5nc4c4nc5cc(C(=O)OCC(C)CC)ccc5nc4c3nc2c1. The first-order valence-electron chi connectivity index (χ1n) is 18.5. The molecule has 3 unspecified atom stereocenters. The van der Waals surface area contributed by atoms with Crippen molar-refractivity contribution in [3.63, 3.8) is 0 Å². The van der Waals surface area contributed by atoms with Gasteiger partial charge in [-0.2, -0.15) is 0 Å². The van der Waals surface area contributed by atoms with Gasteiger partial charge in [-0.1, -0.05) is 60.8 Å². The number of hydrogen-bond acceptors (Lipinski definition) is 12. The highest BCUT2D eigenvalue weighted by Crippen LogP contribution is 2.33. The molecule has 0 bridgehead atoms. The maximum atomic E-state index is 13.0. The maximum Gasteiger partial charge on any atom is 0.338 e. The number of aromatic nitrogens is 6. The van der Waals surface area contributed by atoms with Crippen LogP contribution in [-0.2, 0) is 14.2 Å². The van der Waals surface area contributed by atoms with Crippen LogP contribution in [0.25, 0.3) is 66.2 Å². The van der Waals surface area contributed by atoms with Crippen LogP contribution in [0.4, 0.5) is 0 Å². The Hall–Kier alpha value is -5.91. The van der Waals surface area contributed by atoms with Gasteiger partial charge in [0.2, 0.25) is 0 Å². The zero-order valence-electron chi connectivity index (χ0n) is 31.3. The normalized spacial score (nSPS) is 13.4. The van der Waals surface area contributed by atoms with Crippen LogP contribution >= 0.6 is 0 Å². The molecule has 0 N–H and O–H groups in total. The largest absolute Gasteiger partial charge is 0.462 e. The van der Waals surface area contributed by atoms with Crippen LogP contribution in [0.15, 0.2) is 54.6 Å². The van der Waals surface area contributed by atoms with E-state index in [0.717, 1.165) is 19.3 Å². The number of hydrogen-bond donors (Lipinski definition) is 0. The van der Waals surface area contributed by atoms with Crippen LogP contribution in [0.2, 0.25) is 0 Å². The van der Waals surface area contributed by atoms with Gasteiger partial charge in [0.1, 0.15) is 33.1 Å². The third-order valence-electron chi connectivity index (χ3n) is 9.96. The molecule has 3 aromatic heterocycles. The molecule has 3 atom stereocenters. The summed E-state index contributed by atoms with van der Waals surface area (Å²) in [5, 5.41) is 0. The lowest BCUT2D eigenvalue weighted by Gasteiger charge is -2.12. The monoisotopic (exact) mass is 726 g/mol. The Labute approximate surface area is 311 Å². The molecule has 276 valence electrons. The summed E-state index contributed by atoms with van der Waals surface area (Å²) in [7, 11) is 0. The van der Waals surface area contributed by atoms with Crippen molar-refractivity contribution in [3.05, 3.63) is 71.3 Å². The van der Waals surface area contributed by atoms with Crippen molar-refractivity contribution in [1.82, 2.24) is 29.9 Å². The lowest BCUT2D eigenvalue weighted by molar-refractivity contribution is 0.0439. The summed E-state index contributed by atoms with van der Waals surface area (Å²) in [5.74, 6) is -0.617. The van der Waals surface area contributed by atoms with Crippen molar-refractivity contribution in [2.75, 3.05) is 19.8 Å². The van der Waals surface area contributed by atoms with Gasteiger partial charge in [0.15, 0.2) is 0 Å². The van der Waals surface area contributed by atoms with Gasteiger partial charge in [-0.3, -0.25) is 0 Å². The Balaban J connectivity index is 1.42. The molecule has 0 saturated heterocycles. The highest BCUT2D eigenvalue weighted by molar-refractivity contribution is 6.21. The summed E-state index contributed by atoms with van der Waals surface area (Å²) < 4.78 is 16.7. The molecule has 0 fully saturated rings. The third-order valence-corrected chi connectivity index (χ3v) is 9.96. The lowest BCUT2D eigenvalue weighted by atomic mass is 10.1. The van der Waals surface area contributed by atoms with E-state index in [9.17, 15) is 14.4 Å². The van der Waals surface area contributed by atoms with Crippen molar-refractivity contribution >= 4 is 84.1 Å². The second kappa shape index (κ2) is 15.2. The van der Waals surface area contributed by atoms with Gasteiger partial charge in [-0.25, -0.2) is 44.3 Å². The summed E-state index contributed by atoms with van der Waals surface area (Å²) in [6.07, 6.45) is 2.68. The third kappa shape index (κ3) is 7.20. The van der Waals surface area contributed by atoms with E-state index < -0.39 is 17.9 Å². The topological polar surface area (TPSA) is 156 Å². The quantitative estimate of drug-likeness (QED) is 0.0512. The predicted octanol–water partition coefficient (Wildman–Crippen LogP) is 8.58. The molecule has 0 spiro atoms. The zero-order valence-corrected chi connectivity index (χ0v) is 31.3. The van der Waals surface area contributed by atoms with Crippen LogP contribution in [0.3, 0.4) is 0 Å². The van der Waals surface area contributed by atoms with E-state index in [-0.39, 0.29) is 17.8 Å². The molecular weight excluding hydrogens is 684 g/mol. The zero-order chi connectivity index (χ0) is 38.1. The number of nitrogens with zero attached hydrogens (tertiary/aromatic N) is 6. The number of esters is 3. The van der Waals surface area contributed by atoms with Crippen LogP contribution in [0, 0.1) is 17.8 Å². The number of fused-ring (bicyclic) bond motifs is 9. The summed E-state index contributed by atoms with van der Waals surface area (Å²) in [4.78, 5) is 68.9. The molecule has 3 heterocycles. The standard InChI is InChI=1S/C42H42N6O6/c1-7-22(4)19-52-40(49)25-10-13-28-31(16-25)46-37-34(43-28)35-38(47-32-17-26(11-14-29(32)44-35)41(50)53-20-23(5)8-2)39-36(37)45-30-15-12-27(18-33(30)48-39)42(51)54-21-24(6)9-3/h10-18,22-24H,7-9,19-21H2,1-6H3. The molecule has 0 aliphatic rings. The highest BCUT2D eigenvalue weighted by atomic mass is 16.5. The van der Waals surface area contributed by atoms with E-state index in [2.05, 4.69) is 0 Å². The average molecular weight is 727 g/mol. The molecule has 0 amide bonds. The Morgan fingerprint density at radius 3 is 0.907 bits per heavy atom. The molecule has 54 heavy (non-hydrogen) atoms. The summed E-state index contributed by atoms with van der Waals surface area (Å²) in [6.45, 7) is 13.2. The summed E-state index contributed by atoms with van der Waals surface area (Å²) in [6, 6.07) is 15.2. The molecule has 0 saturated carbocycles. The van der Waals surface area contributed by atoms with Gasteiger partial charge in [-0.15, -0.1) is 0 Å². The van der Waals surface area contributed by atoms with Crippen molar-refractivity contribution in [2.45, 2.75) is 60.8 Å². The molecule has 12 heteroatoms. The Morgan fingerprint density at radius 2 is 0.667 bits per heavy atom. The van der Waals surface area contributed by atoms with Crippen LogP contribution in [0.1, 0.15) is 91.9 Å². The van der Waals surface area contributed by atoms with Gasteiger partial charge >= 0.3 is 17.9 Å². The molecule has 7 aromatic rings. The van der Waals surface area contributed by atoms with E-state index in [1.54, 1.807) is 54.6 Å². The van der Waals surface area contributed by atoms with Crippen molar-refractivity contribution in [3.8, 4) is 0 Å².